The van der Waals surface area contributed by atoms with Crippen LogP contribution in [0.1, 0.15) is 25.8 Å². The van der Waals surface area contributed by atoms with Crippen LogP contribution in [-0.2, 0) is 16.0 Å². The zero-order valence-electron chi connectivity index (χ0n) is 9.32. The minimum atomic E-state index is -0.916. The van der Waals surface area contributed by atoms with Gasteiger partial charge in [-0.25, -0.2) is 0 Å². The third kappa shape index (κ3) is 4.44. The summed E-state index contributed by atoms with van der Waals surface area (Å²) in [7, 11) is 0. The van der Waals surface area contributed by atoms with E-state index in [0.717, 1.165) is 5.56 Å². The number of amides is 1. The average molecular weight is 241 g/mol. The topological polar surface area (TPSA) is 66.4 Å². The number of thiophene rings is 1. The van der Waals surface area contributed by atoms with Gasteiger partial charge in [0.05, 0.1) is 12.8 Å². The Balaban J connectivity index is 2.47. The summed E-state index contributed by atoms with van der Waals surface area (Å²) in [5, 5.41) is 15.2. The second kappa shape index (κ2) is 5.12. The van der Waals surface area contributed by atoms with Crippen LogP contribution in [0, 0.1) is 0 Å². The summed E-state index contributed by atoms with van der Waals surface area (Å²) in [6.07, 6.45) is 0.217. The molecule has 88 valence electrons. The number of nitrogens with one attached hydrogen (secondary N) is 1. The molecule has 0 aromatic carbocycles. The lowest BCUT2D eigenvalue weighted by atomic mass is 10.0. The Morgan fingerprint density at radius 2 is 2.19 bits per heavy atom. The van der Waals surface area contributed by atoms with Crippen LogP contribution in [0.4, 0.5) is 0 Å². The molecule has 1 aromatic rings. The summed E-state index contributed by atoms with van der Waals surface area (Å²) in [6.45, 7) is 3.40. The number of carbonyl (C=O) groups excluding carboxylic acids is 1. The molecular weight excluding hydrogens is 226 g/mol. The molecule has 0 spiro atoms. The molecular formula is C11H15NO3S. The Bertz CT molecular complexity index is 371. The minimum absolute atomic E-state index is 0.0810. The molecule has 5 heteroatoms. The van der Waals surface area contributed by atoms with Crippen molar-refractivity contribution in [1.82, 2.24) is 5.32 Å². The quantitative estimate of drug-likeness (QED) is 0.824. The molecule has 0 saturated heterocycles. The molecule has 0 fully saturated rings. The highest BCUT2D eigenvalue weighted by atomic mass is 32.1. The van der Waals surface area contributed by atoms with Gasteiger partial charge in [-0.1, -0.05) is 0 Å². The van der Waals surface area contributed by atoms with Gasteiger partial charge in [-0.15, -0.1) is 0 Å². The van der Waals surface area contributed by atoms with Crippen molar-refractivity contribution in [3.05, 3.63) is 22.4 Å². The Labute approximate surface area is 98.3 Å². The SMILES string of the molecule is CC(C)(CC(=O)O)NC(=O)Cc1ccsc1. The smallest absolute Gasteiger partial charge is 0.305 e. The lowest BCUT2D eigenvalue weighted by molar-refractivity contribution is -0.138. The van der Waals surface area contributed by atoms with Crippen molar-refractivity contribution >= 4 is 23.2 Å². The summed E-state index contributed by atoms with van der Waals surface area (Å²) in [4.78, 5) is 22.2. The molecule has 0 bridgehead atoms. The van der Waals surface area contributed by atoms with Crippen LogP contribution < -0.4 is 5.32 Å². The van der Waals surface area contributed by atoms with E-state index in [2.05, 4.69) is 5.32 Å². The molecule has 0 atom stereocenters. The maximum Gasteiger partial charge on any atom is 0.305 e. The Morgan fingerprint density at radius 1 is 1.50 bits per heavy atom. The molecule has 0 radical (unpaired) electrons. The first-order valence-corrected chi connectivity index (χ1v) is 5.87. The Kier molecular flexibility index (Phi) is 4.06. The van der Waals surface area contributed by atoms with E-state index in [-0.39, 0.29) is 12.3 Å². The second-order valence-electron chi connectivity index (χ2n) is 4.31. The molecule has 2 N–H and O–H groups in total. The monoisotopic (exact) mass is 241 g/mol. The number of hydrogen-bond acceptors (Lipinski definition) is 3. The van der Waals surface area contributed by atoms with Crippen molar-refractivity contribution < 1.29 is 14.7 Å². The number of aliphatic carboxylic acids is 1. The summed E-state index contributed by atoms with van der Waals surface area (Å²) in [5.41, 5.74) is 0.243. The lowest BCUT2D eigenvalue weighted by Crippen LogP contribution is -2.45. The predicted octanol–water partition coefficient (Wildman–Crippen LogP) is 1.66. The summed E-state index contributed by atoms with van der Waals surface area (Å²) in [5.74, 6) is -1.06. The molecule has 1 heterocycles. The van der Waals surface area contributed by atoms with Gasteiger partial charge in [-0.05, 0) is 36.2 Å². The fourth-order valence-corrected chi connectivity index (χ4v) is 2.09. The molecule has 0 aliphatic carbocycles. The van der Waals surface area contributed by atoms with Crippen molar-refractivity contribution in [2.45, 2.75) is 32.2 Å². The third-order valence-electron chi connectivity index (χ3n) is 2.02. The highest BCUT2D eigenvalue weighted by molar-refractivity contribution is 7.07. The zero-order valence-corrected chi connectivity index (χ0v) is 10.1. The van der Waals surface area contributed by atoms with E-state index >= 15 is 0 Å². The Hall–Kier alpha value is -1.36. The van der Waals surface area contributed by atoms with Crippen LogP contribution in [0.3, 0.4) is 0 Å². The lowest BCUT2D eigenvalue weighted by Gasteiger charge is -2.24. The van der Waals surface area contributed by atoms with E-state index in [1.807, 2.05) is 16.8 Å². The highest BCUT2D eigenvalue weighted by Crippen LogP contribution is 2.10. The number of rotatable bonds is 5. The zero-order chi connectivity index (χ0) is 12.2. The summed E-state index contributed by atoms with van der Waals surface area (Å²) in [6, 6.07) is 1.88. The van der Waals surface area contributed by atoms with Gasteiger partial charge < -0.3 is 10.4 Å². The first-order chi connectivity index (χ1) is 7.39. The molecule has 0 aliphatic rings. The first kappa shape index (κ1) is 12.7. The van der Waals surface area contributed by atoms with Crippen LogP contribution in [0.2, 0.25) is 0 Å². The van der Waals surface area contributed by atoms with Gasteiger partial charge in [-0.2, -0.15) is 11.3 Å². The van der Waals surface area contributed by atoms with Crippen LogP contribution >= 0.6 is 11.3 Å². The first-order valence-electron chi connectivity index (χ1n) is 4.93. The molecule has 0 aliphatic heterocycles. The van der Waals surface area contributed by atoms with Gasteiger partial charge >= 0.3 is 5.97 Å². The molecule has 1 amide bonds. The molecule has 1 rings (SSSR count). The molecule has 0 unspecified atom stereocenters. The third-order valence-corrected chi connectivity index (χ3v) is 2.75. The van der Waals surface area contributed by atoms with Gasteiger partial charge in [0, 0.05) is 5.54 Å². The van der Waals surface area contributed by atoms with Crippen molar-refractivity contribution in [2.24, 2.45) is 0 Å². The predicted molar refractivity (Wildman–Crippen MR) is 62.5 cm³/mol. The fraction of sp³-hybridized carbons (Fsp3) is 0.455. The molecule has 4 nitrogen and oxygen atoms in total. The van der Waals surface area contributed by atoms with Crippen molar-refractivity contribution in [2.75, 3.05) is 0 Å². The molecule has 0 saturated carbocycles. The van der Waals surface area contributed by atoms with E-state index < -0.39 is 11.5 Å². The maximum absolute atomic E-state index is 11.6. The maximum atomic E-state index is 11.6. The standard InChI is InChI=1S/C11H15NO3S/c1-11(2,6-10(14)15)12-9(13)5-8-3-4-16-7-8/h3-4,7H,5-6H2,1-2H3,(H,12,13)(H,14,15). The van der Waals surface area contributed by atoms with Gasteiger partial charge in [0.2, 0.25) is 5.91 Å². The van der Waals surface area contributed by atoms with E-state index in [0.29, 0.717) is 6.42 Å². The normalized spacial score (nSPS) is 11.1. The van der Waals surface area contributed by atoms with Crippen LogP contribution in [0.25, 0.3) is 0 Å². The average Bonchev–Trinajstić information content (AvgIpc) is 2.51. The van der Waals surface area contributed by atoms with E-state index in [9.17, 15) is 9.59 Å². The summed E-state index contributed by atoms with van der Waals surface area (Å²) < 4.78 is 0. The van der Waals surface area contributed by atoms with Crippen LogP contribution in [0.15, 0.2) is 16.8 Å². The number of carbonyl (C=O) groups is 2. The second-order valence-corrected chi connectivity index (χ2v) is 5.09. The number of carboxylic acids is 1. The van der Waals surface area contributed by atoms with Gasteiger partial charge in [0.15, 0.2) is 0 Å². The van der Waals surface area contributed by atoms with E-state index in [1.165, 1.54) is 11.3 Å². The van der Waals surface area contributed by atoms with Crippen LogP contribution in [0.5, 0.6) is 0 Å². The minimum Gasteiger partial charge on any atom is -0.481 e. The fourth-order valence-electron chi connectivity index (χ4n) is 1.42. The largest absolute Gasteiger partial charge is 0.481 e. The van der Waals surface area contributed by atoms with Crippen molar-refractivity contribution in [1.29, 1.82) is 0 Å². The van der Waals surface area contributed by atoms with Crippen molar-refractivity contribution in [3.63, 3.8) is 0 Å². The summed E-state index contributed by atoms with van der Waals surface area (Å²) >= 11 is 1.54. The molecule has 1 aromatic heterocycles. The van der Waals surface area contributed by atoms with Crippen molar-refractivity contribution in [3.8, 4) is 0 Å². The Morgan fingerprint density at radius 3 is 2.69 bits per heavy atom. The van der Waals surface area contributed by atoms with Crippen LogP contribution in [-0.4, -0.2) is 22.5 Å². The van der Waals surface area contributed by atoms with E-state index in [1.54, 1.807) is 13.8 Å². The van der Waals surface area contributed by atoms with Gasteiger partial charge in [0.1, 0.15) is 0 Å². The number of hydrogen-bond donors (Lipinski definition) is 2. The number of carboxylic acid groups (broad SMARTS) is 1. The van der Waals surface area contributed by atoms with E-state index in [4.69, 9.17) is 5.11 Å². The van der Waals surface area contributed by atoms with Gasteiger partial charge in [-0.3, -0.25) is 9.59 Å². The highest BCUT2D eigenvalue weighted by Gasteiger charge is 2.23. The molecule has 16 heavy (non-hydrogen) atoms. The van der Waals surface area contributed by atoms with Gasteiger partial charge in [0.25, 0.3) is 0 Å².